The van der Waals surface area contributed by atoms with Crippen molar-refractivity contribution in [3.63, 3.8) is 0 Å². The van der Waals surface area contributed by atoms with E-state index >= 15 is 0 Å². The van der Waals surface area contributed by atoms with Crippen molar-refractivity contribution in [2.45, 2.75) is 52.0 Å². The molecule has 1 heterocycles. The van der Waals surface area contributed by atoms with Crippen LogP contribution in [0.5, 0.6) is 12.0 Å². The van der Waals surface area contributed by atoms with E-state index in [1.807, 2.05) is 13.8 Å². The van der Waals surface area contributed by atoms with E-state index in [4.69, 9.17) is 14.2 Å². The quantitative estimate of drug-likeness (QED) is 0.725. The largest absolute Gasteiger partial charge is 0.464 e. The van der Waals surface area contributed by atoms with Crippen molar-refractivity contribution in [1.29, 1.82) is 0 Å². The van der Waals surface area contributed by atoms with Crippen molar-refractivity contribution in [2.24, 2.45) is 0 Å². The second-order valence-electron chi connectivity index (χ2n) is 5.22. The lowest BCUT2D eigenvalue weighted by Gasteiger charge is -2.27. The van der Waals surface area contributed by atoms with Gasteiger partial charge in [-0.1, -0.05) is 12.8 Å². The van der Waals surface area contributed by atoms with Gasteiger partial charge < -0.3 is 19.5 Å². The second-order valence-corrected chi connectivity index (χ2v) is 5.22. The summed E-state index contributed by atoms with van der Waals surface area (Å²) in [4.78, 5) is 24.9. The highest BCUT2D eigenvalue weighted by Crippen LogP contribution is 2.34. The zero-order chi connectivity index (χ0) is 16.7. The van der Waals surface area contributed by atoms with E-state index in [9.17, 15) is 4.79 Å². The maximum Gasteiger partial charge on any atom is 0.331 e. The average Bonchev–Trinajstić information content (AvgIpc) is 2.98. The number of nitrogens with one attached hydrogen (secondary N) is 1. The molecule has 0 atom stereocenters. The van der Waals surface area contributed by atoms with Crippen LogP contribution in [0.4, 0.5) is 5.95 Å². The van der Waals surface area contributed by atoms with Crippen LogP contribution in [0.25, 0.3) is 0 Å². The lowest BCUT2D eigenvalue weighted by molar-refractivity contribution is -0.148. The Kier molecular flexibility index (Phi) is 5.95. The number of carbonyl (C=O) groups excluding carboxylic acids is 1. The first-order valence-corrected chi connectivity index (χ1v) is 8.10. The number of hydrogen-bond acceptors (Lipinski definition) is 8. The minimum Gasteiger partial charge on any atom is -0.464 e. The summed E-state index contributed by atoms with van der Waals surface area (Å²) in [5.41, 5.74) is -0.787. The van der Waals surface area contributed by atoms with Gasteiger partial charge in [0.05, 0.1) is 19.8 Å². The summed E-state index contributed by atoms with van der Waals surface area (Å²) in [5.74, 6) is -0.00400. The first kappa shape index (κ1) is 17.2. The van der Waals surface area contributed by atoms with E-state index < -0.39 is 5.54 Å². The third kappa shape index (κ3) is 4.20. The number of carbonyl (C=O) groups is 1. The molecule has 1 N–H and O–H groups in total. The normalized spacial score (nSPS) is 16.0. The molecule has 1 aliphatic rings. The number of anilines is 1. The van der Waals surface area contributed by atoms with Gasteiger partial charge in [0, 0.05) is 0 Å². The van der Waals surface area contributed by atoms with E-state index in [0.717, 1.165) is 12.8 Å². The fourth-order valence-electron chi connectivity index (χ4n) is 2.62. The highest BCUT2D eigenvalue weighted by atomic mass is 16.5. The molecule has 8 nitrogen and oxygen atoms in total. The number of rotatable bonds is 8. The summed E-state index contributed by atoms with van der Waals surface area (Å²) in [6.45, 7) is 6.68. The minimum atomic E-state index is -0.787. The third-order valence-electron chi connectivity index (χ3n) is 3.62. The van der Waals surface area contributed by atoms with E-state index in [0.29, 0.717) is 32.7 Å². The van der Waals surface area contributed by atoms with Gasteiger partial charge in [-0.15, -0.1) is 4.98 Å². The standard InChI is InChI=1S/C15H24N4O4/c1-4-21-11(20)15(9-7-8-10-15)19-12-16-13(22-5-2)18-14(17-12)23-6-3/h4-10H2,1-3H3,(H,16,17,18,19). The molecule has 23 heavy (non-hydrogen) atoms. The fourth-order valence-corrected chi connectivity index (χ4v) is 2.62. The van der Waals surface area contributed by atoms with Gasteiger partial charge in [0.15, 0.2) is 0 Å². The molecular weight excluding hydrogens is 300 g/mol. The lowest BCUT2D eigenvalue weighted by Crippen LogP contribution is -2.45. The molecule has 0 aromatic carbocycles. The van der Waals surface area contributed by atoms with Crippen LogP contribution < -0.4 is 14.8 Å². The molecule has 2 rings (SSSR count). The number of esters is 1. The molecule has 0 unspecified atom stereocenters. The van der Waals surface area contributed by atoms with Gasteiger partial charge in [-0.25, -0.2) is 4.79 Å². The Morgan fingerprint density at radius 2 is 1.57 bits per heavy atom. The molecule has 0 bridgehead atoms. The number of nitrogens with zero attached hydrogens (tertiary/aromatic N) is 3. The first-order valence-electron chi connectivity index (χ1n) is 8.10. The summed E-state index contributed by atoms with van der Waals surface area (Å²) < 4.78 is 15.9. The van der Waals surface area contributed by atoms with Crippen LogP contribution >= 0.6 is 0 Å². The monoisotopic (exact) mass is 324 g/mol. The van der Waals surface area contributed by atoms with Gasteiger partial charge in [0.2, 0.25) is 5.95 Å². The van der Waals surface area contributed by atoms with Crippen LogP contribution in [0.3, 0.4) is 0 Å². The molecule has 1 aromatic rings. The van der Waals surface area contributed by atoms with Gasteiger partial charge in [0.25, 0.3) is 0 Å². The van der Waals surface area contributed by atoms with Crippen molar-refractivity contribution in [3.8, 4) is 12.0 Å². The number of ether oxygens (including phenoxy) is 3. The molecule has 1 aromatic heterocycles. The van der Waals surface area contributed by atoms with Crippen molar-refractivity contribution in [3.05, 3.63) is 0 Å². The number of hydrogen-bond donors (Lipinski definition) is 1. The Balaban J connectivity index is 2.26. The molecule has 8 heteroatoms. The minimum absolute atomic E-state index is 0.172. The van der Waals surface area contributed by atoms with Gasteiger partial charge in [-0.2, -0.15) is 9.97 Å². The summed E-state index contributed by atoms with van der Waals surface area (Å²) >= 11 is 0. The summed E-state index contributed by atoms with van der Waals surface area (Å²) in [5, 5.41) is 3.14. The fraction of sp³-hybridized carbons (Fsp3) is 0.733. The molecule has 1 fully saturated rings. The van der Waals surface area contributed by atoms with Gasteiger partial charge in [0.1, 0.15) is 5.54 Å². The highest BCUT2D eigenvalue weighted by Gasteiger charge is 2.43. The number of aromatic nitrogens is 3. The van der Waals surface area contributed by atoms with Crippen molar-refractivity contribution >= 4 is 11.9 Å². The van der Waals surface area contributed by atoms with Gasteiger partial charge in [-0.3, -0.25) is 0 Å². The molecular formula is C15H24N4O4. The summed E-state index contributed by atoms with van der Waals surface area (Å²) in [7, 11) is 0. The zero-order valence-corrected chi connectivity index (χ0v) is 13.9. The van der Waals surface area contributed by atoms with E-state index in [-0.39, 0.29) is 23.9 Å². The molecule has 1 saturated carbocycles. The maximum absolute atomic E-state index is 12.4. The highest BCUT2D eigenvalue weighted by molar-refractivity contribution is 5.84. The lowest BCUT2D eigenvalue weighted by atomic mass is 9.98. The third-order valence-corrected chi connectivity index (χ3v) is 3.62. The van der Waals surface area contributed by atoms with Crippen LogP contribution in [0.15, 0.2) is 0 Å². The Morgan fingerprint density at radius 3 is 2.04 bits per heavy atom. The average molecular weight is 324 g/mol. The molecule has 0 spiro atoms. The van der Waals surface area contributed by atoms with Crippen LogP contribution in [-0.2, 0) is 9.53 Å². The van der Waals surface area contributed by atoms with Crippen LogP contribution in [0, 0.1) is 0 Å². The predicted octanol–water partition coefficient (Wildman–Crippen LogP) is 1.96. The predicted molar refractivity (Wildman–Crippen MR) is 83.6 cm³/mol. The van der Waals surface area contributed by atoms with E-state index in [2.05, 4.69) is 20.3 Å². The SMILES string of the molecule is CCOC(=O)C1(Nc2nc(OCC)nc(OCC)n2)CCCC1. The summed E-state index contributed by atoms with van der Waals surface area (Å²) in [6.07, 6.45) is 3.28. The van der Waals surface area contributed by atoms with Crippen molar-refractivity contribution in [1.82, 2.24) is 15.0 Å². The van der Waals surface area contributed by atoms with Crippen LogP contribution in [0.1, 0.15) is 46.5 Å². The van der Waals surface area contributed by atoms with Crippen LogP contribution in [0.2, 0.25) is 0 Å². The van der Waals surface area contributed by atoms with E-state index in [1.165, 1.54) is 0 Å². The Bertz CT molecular complexity index is 508. The van der Waals surface area contributed by atoms with Crippen molar-refractivity contribution in [2.75, 3.05) is 25.1 Å². The van der Waals surface area contributed by atoms with E-state index in [1.54, 1.807) is 6.92 Å². The molecule has 1 aliphatic carbocycles. The molecule has 0 amide bonds. The first-order chi connectivity index (χ1) is 11.1. The Morgan fingerprint density at radius 1 is 1.00 bits per heavy atom. The zero-order valence-electron chi connectivity index (χ0n) is 13.9. The van der Waals surface area contributed by atoms with Gasteiger partial charge in [-0.05, 0) is 33.6 Å². The van der Waals surface area contributed by atoms with Crippen LogP contribution in [-0.4, -0.2) is 46.3 Å². The second kappa shape index (κ2) is 7.94. The smallest absolute Gasteiger partial charge is 0.331 e. The molecule has 0 saturated heterocycles. The maximum atomic E-state index is 12.4. The Hall–Kier alpha value is -2.12. The topological polar surface area (TPSA) is 95.5 Å². The van der Waals surface area contributed by atoms with Crippen molar-refractivity contribution < 1.29 is 19.0 Å². The van der Waals surface area contributed by atoms with Gasteiger partial charge >= 0.3 is 18.0 Å². The molecule has 0 radical (unpaired) electrons. The summed E-state index contributed by atoms with van der Waals surface area (Å²) in [6, 6.07) is 0.343. The Labute approximate surface area is 136 Å². The molecule has 0 aliphatic heterocycles. The molecule has 128 valence electrons.